The second-order valence-electron chi connectivity index (χ2n) is 4.09. The highest BCUT2D eigenvalue weighted by Gasteiger charge is 2.12. The van der Waals surface area contributed by atoms with E-state index >= 15 is 0 Å². The molecular formula is C14H13N3O2S. The quantitative estimate of drug-likeness (QED) is 0.825. The number of aliphatic hydroxyl groups is 1. The summed E-state index contributed by atoms with van der Waals surface area (Å²) in [4.78, 5) is 12.2. The molecule has 102 valence electrons. The van der Waals surface area contributed by atoms with Gasteiger partial charge in [0, 0.05) is 5.56 Å². The molecule has 6 heteroatoms. The molecule has 1 amide bonds. The van der Waals surface area contributed by atoms with Crippen LogP contribution in [0.1, 0.15) is 26.5 Å². The molecule has 1 aromatic carbocycles. The number of hydrogen-bond donors (Lipinski definition) is 2. The maximum atomic E-state index is 12.2. The van der Waals surface area contributed by atoms with Crippen molar-refractivity contribution in [2.75, 3.05) is 11.9 Å². The molecule has 2 rings (SSSR count). The van der Waals surface area contributed by atoms with E-state index in [1.807, 2.05) is 26.0 Å². The molecule has 0 atom stereocenters. The summed E-state index contributed by atoms with van der Waals surface area (Å²) in [5.74, 6) is 5.05. The molecule has 0 spiro atoms. The van der Waals surface area contributed by atoms with Gasteiger partial charge in [-0.25, -0.2) is 0 Å². The van der Waals surface area contributed by atoms with Crippen LogP contribution in [0.3, 0.4) is 0 Å². The predicted molar refractivity (Wildman–Crippen MR) is 77.7 cm³/mol. The predicted octanol–water partition coefficient (Wildman–Crippen LogP) is 1.75. The minimum absolute atomic E-state index is 0.245. The number of anilines is 1. The number of amides is 1. The van der Waals surface area contributed by atoms with Gasteiger partial charge in [0.05, 0.1) is 5.56 Å². The first-order chi connectivity index (χ1) is 9.60. The van der Waals surface area contributed by atoms with Gasteiger partial charge in [0.1, 0.15) is 11.6 Å². The molecule has 0 bridgehead atoms. The zero-order valence-corrected chi connectivity index (χ0v) is 11.9. The average molecular weight is 287 g/mol. The van der Waals surface area contributed by atoms with Crippen LogP contribution < -0.4 is 5.32 Å². The van der Waals surface area contributed by atoms with Crippen molar-refractivity contribution in [3.8, 4) is 11.8 Å². The minimum Gasteiger partial charge on any atom is -0.384 e. The number of benzene rings is 1. The minimum atomic E-state index is -0.289. The van der Waals surface area contributed by atoms with E-state index < -0.39 is 0 Å². The summed E-state index contributed by atoms with van der Waals surface area (Å²) in [6, 6.07) is 5.35. The van der Waals surface area contributed by atoms with E-state index in [0.29, 0.717) is 16.3 Å². The average Bonchev–Trinajstić information content (AvgIpc) is 2.81. The van der Waals surface area contributed by atoms with Crippen LogP contribution in [0.5, 0.6) is 0 Å². The first-order valence-corrected chi connectivity index (χ1v) is 6.73. The molecule has 0 aliphatic rings. The van der Waals surface area contributed by atoms with Crippen LogP contribution in [0.25, 0.3) is 0 Å². The second kappa shape index (κ2) is 6.28. The number of carbonyl (C=O) groups excluding carboxylic acids is 1. The summed E-state index contributed by atoms with van der Waals surface area (Å²) < 4.78 is 0. The van der Waals surface area contributed by atoms with Gasteiger partial charge in [0.2, 0.25) is 5.13 Å². The molecule has 0 saturated heterocycles. The van der Waals surface area contributed by atoms with Gasteiger partial charge < -0.3 is 5.11 Å². The SMILES string of the molecule is Cc1ccc(C(=O)Nc2nnc(C)s2)c(C#CCO)c1. The lowest BCUT2D eigenvalue weighted by Crippen LogP contribution is -2.13. The molecule has 5 nitrogen and oxygen atoms in total. The van der Waals surface area contributed by atoms with Gasteiger partial charge in [-0.3, -0.25) is 10.1 Å². The number of hydrogen-bond acceptors (Lipinski definition) is 5. The van der Waals surface area contributed by atoms with Gasteiger partial charge in [-0.05, 0) is 31.5 Å². The van der Waals surface area contributed by atoms with Crippen LogP contribution in [0.15, 0.2) is 18.2 Å². The van der Waals surface area contributed by atoms with Crippen LogP contribution in [0.2, 0.25) is 0 Å². The Kier molecular flexibility index (Phi) is 4.45. The number of aliphatic hydroxyl groups excluding tert-OH is 1. The Balaban J connectivity index is 2.29. The van der Waals surface area contributed by atoms with Crippen LogP contribution in [-0.2, 0) is 0 Å². The van der Waals surface area contributed by atoms with E-state index in [1.165, 1.54) is 11.3 Å². The fraction of sp³-hybridized carbons (Fsp3) is 0.214. The van der Waals surface area contributed by atoms with Crippen molar-refractivity contribution in [3.05, 3.63) is 39.9 Å². The third-order valence-electron chi connectivity index (χ3n) is 2.47. The second-order valence-corrected chi connectivity index (χ2v) is 5.27. The van der Waals surface area contributed by atoms with Gasteiger partial charge >= 0.3 is 0 Å². The van der Waals surface area contributed by atoms with Crippen molar-refractivity contribution < 1.29 is 9.90 Å². The van der Waals surface area contributed by atoms with Crippen molar-refractivity contribution in [2.24, 2.45) is 0 Å². The van der Waals surface area contributed by atoms with E-state index in [2.05, 4.69) is 27.4 Å². The Morgan fingerprint density at radius 3 is 2.85 bits per heavy atom. The summed E-state index contributed by atoms with van der Waals surface area (Å²) in [5, 5.41) is 20.4. The first kappa shape index (κ1) is 14.2. The zero-order valence-electron chi connectivity index (χ0n) is 11.1. The molecular weight excluding hydrogens is 274 g/mol. The largest absolute Gasteiger partial charge is 0.384 e. The number of carbonyl (C=O) groups is 1. The standard InChI is InChI=1S/C14H13N3O2S/c1-9-5-6-12(11(8-9)4-3-7-18)13(19)15-14-17-16-10(2)20-14/h5-6,8,18H,7H2,1-2H3,(H,15,17,19). The van der Waals surface area contributed by atoms with Crippen LogP contribution in [0, 0.1) is 25.7 Å². The maximum absolute atomic E-state index is 12.2. The molecule has 0 fully saturated rings. The van der Waals surface area contributed by atoms with Crippen molar-refractivity contribution >= 4 is 22.4 Å². The lowest BCUT2D eigenvalue weighted by Gasteiger charge is -2.05. The number of nitrogens with zero attached hydrogens (tertiary/aromatic N) is 2. The molecule has 0 aliphatic heterocycles. The molecule has 0 radical (unpaired) electrons. The molecule has 20 heavy (non-hydrogen) atoms. The maximum Gasteiger partial charge on any atom is 0.258 e. The Morgan fingerprint density at radius 2 is 2.20 bits per heavy atom. The molecule has 0 saturated carbocycles. The summed E-state index contributed by atoms with van der Waals surface area (Å²) in [6.07, 6.45) is 0. The fourth-order valence-electron chi connectivity index (χ4n) is 1.61. The van der Waals surface area contributed by atoms with Gasteiger partial charge in [0.15, 0.2) is 0 Å². The van der Waals surface area contributed by atoms with Crippen LogP contribution >= 0.6 is 11.3 Å². The summed E-state index contributed by atoms with van der Waals surface area (Å²) in [5.41, 5.74) is 2.03. The summed E-state index contributed by atoms with van der Waals surface area (Å²) in [6.45, 7) is 3.49. The lowest BCUT2D eigenvalue weighted by atomic mass is 10.0. The number of rotatable bonds is 2. The van der Waals surface area contributed by atoms with Crippen molar-refractivity contribution in [1.82, 2.24) is 10.2 Å². The van der Waals surface area contributed by atoms with E-state index in [4.69, 9.17) is 5.11 Å². The van der Waals surface area contributed by atoms with Crippen molar-refractivity contribution in [3.63, 3.8) is 0 Å². The third kappa shape index (κ3) is 3.41. The van der Waals surface area contributed by atoms with Gasteiger partial charge in [-0.2, -0.15) is 0 Å². The molecule has 1 heterocycles. The Hall–Kier alpha value is -2.23. The Bertz CT molecular complexity index is 698. The summed E-state index contributed by atoms with van der Waals surface area (Å²) >= 11 is 1.31. The van der Waals surface area contributed by atoms with Crippen molar-refractivity contribution in [2.45, 2.75) is 13.8 Å². The highest BCUT2D eigenvalue weighted by atomic mass is 32.1. The smallest absolute Gasteiger partial charge is 0.258 e. The molecule has 0 unspecified atom stereocenters. The number of aromatic nitrogens is 2. The van der Waals surface area contributed by atoms with Gasteiger partial charge in [0.25, 0.3) is 5.91 Å². The number of aryl methyl sites for hydroxylation is 2. The first-order valence-electron chi connectivity index (χ1n) is 5.92. The van der Waals surface area contributed by atoms with Gasteiger partial charge in [-0.15, -0.1) is 10.2 Å². The van der Waals surface area contributed by atoms with Crippen LogP contribution in [0.4, 0.5) is 5.13 Å². The Morgan fingerprint density at radius 1 is 1.40 bits per heavy atom. The molecule has 2 aromatic rings. The monoisotopic (exact) mass is 287 g/mol. The number of nitrogens with one attached hydrogen (secondary N) is 1. The molecule has 1 aromatic heterocycles. The normalized spacial score (nSPS) is 9.75. The molecule has 2 N–H and O–H groups in total. The lowest BCUT2D eigenvalue weighted by molar-refractivity contribution is 0.102. The van der Waals surface area contributed by atoms with Crippen molar-refractivity contribution in [1.29, 1.82) is 0 Å². The topological polar surface area (TPSA) is 75.1 Å². The van der Waals surface area contributed by atoms with Gasteiger partial charge in [-0.1, -0.05) is 29.2 Å². The summed E-state index contributed by atoms with van der Waals surface area (Å²) in [7, 11) is 0. The highest BCUT2D eigenvalue weighted by Crippen LogP contribution is 2.17. The third-order valence-corrected chi connectivity index (χ3v) is 3.22. The van der Waals surface area contributed by atoms with E-state index in [9.17, 15) is 4.79 Å². The van der Waals surface area contributed by atoms with E-state index in [0.717, 1.165) is 10.6 Å². The van der Waals surface area contributed by atoms with E-state index in [1.54, 1.807) is 6.07 Å². The Labute approximate surface area is 120 Å². The van der Waals surface area contributed by atoms with E-state index in [-0.39, 0.29) is 12.5 Å². The molecule has 0 aliphatic carbocycles. The fourth-order valence-corrected chi connectivity index (χ4v) is 2.19. The zero-order chi connectivity index (χ0) is 14.5. The van der Waals surface area contributed by atoms with Crippen LogP contribution in [-0.4, -0.2) is 27.8 Å². The highest BCUT2D eigenvalue weighted by molar-refractivity contribution is 7.15.